The van der Waals surface area contributed by atoms with Gasteiger partial charge in [-0.25, -0.2) is 19.9 Å². The van der Waals surface area contributed by atoms with E-state index in [1.807, 2.05) is 13.8 Å². The SMILES string of the molecule is CC(C)C(c1nc2cc(C(=O)O)ccc2o1)n1cc(/C=C/C(=O)NO)nn1. The molecule has 2 aromatic heterocycles. The molecule has 1 atom stereocenters. The fourth-order valence-corrected chi connectivity index (χ4v) is 2.61. The van der Waals surface area contributed by atoms with Crippen LogP contribution in [0.1, 0.15) is 41.8 Å². The van der Waals surface area contributed by atoms with Gasteiger partial charge in [0.15, 0.2) is 5.58 Å². The third-order valence-electron chi connectivity index (χ3n) is 3.86. The lowest BCUT2D eigenvalue weighted by molar-refractivity contribution is -0.124. The van der Waals surface area contributed by atoms with Crippen molar-refractivity contribution in [2.75, 3.05) is 0 Å². The van der Waals surface area contributed by atoms with Crippen molar-refractivity contribution in [2.24, 2.45) is 5.92 Å². The van der Waals surface area contributed by atoms with E-state index in [1.165, 1.54) is 23.7 Å². The van der Waals surface area contributed by atoms with E-state index < -0.39 is 11.9 Å². The number of carboxylic acids is 1. The van der Waals surface area contributed by atoms with Crippen LogP contribution in [0.3, 0.4) is 0 Å². The molecule has 0 bridgehead atoms. The van der Waals surface area contributed by atoms with Gasteiger partial charge < -0.3 is 9.52 Å². The van der Waals surface area contributed by atoms with E-state index in [1.54, 1.807) is 16.9 Å². The molecule has 27 heavy (non-hydrogen) atoms. The molecule has 0 aliphatic carbocycles. The van der Waals surface area contributed by atoms with Crippen LogP contribution in [0, 0.1) is 5.92 Å². The van der Waals surface area contributed by atoms with Crippen molar-refractivity contribution in [1.82, 2.24) is 25.5 Å². The summed E-state index contributed by atoms with van der Waals surface area (Å²) in [5.41, 5.74) is 2.94. The van der Waals surface area contributed by atoms with Crippen LogP contribution >= 0.6 is 0 Å². The Hall–Kier alpha value is -3.53. The number of nitrogens with one attached hydrogen (secondary N) is 1. The molecule has 2 heterocycles. The summed E-state index contributed by atoms with van der Waals surface area (Å²) in [6.07, 6.45) is 4.13. The summed E-state index contributed by atoms with van der Waals surface area (Å²) in [6, 6.07) is 4.09. The Morgan fingerprint density at radius 1 is 1.33 bits per heavy atom. The van der Waals surface area contributed by atoms with Crippen LogP contribution in [-0.2, 0) is 4.79 Å². The van der Waals surface area contributed by atoms with Gasteiger partial charge in [0.25, 0.3) is 5.91 Å². The van der Waals surface area contributed by atoms with E-state index in [-0.39, 0.29) is 17.5 Å². The molecule has 0 saturated heterocycles. The van der Waals surface area contributed by atoms with Gasteiger partial charge in [-0.1, -0.05) is 19.1 Å². The molecule has 0 saturated carbocycles. The van der Waals surface area contributed by atoms with Crippen molar-refractivity contribution in [1.29, 1.82) is 0 Å². The zero-order chi connectivity index (χ0) is 19.6. The number of hydrogen-bond acceptors (Lipinski definition) is 7. The second-order valence-corrected chi connectivity index (χ2v) is 6.16. The number of benzene rings is 1. The smallest absolute Gasteiger partial charge is 0.335 e. The lowest BCUT2D eigenvalue weighted by atomic mass is 10.0. The van der Waals surface area contributed by atoms with Crippen LogP contribution in [0.25, 0.3) is 17.2 Å². The van der Waals surface area contributed by atoms with Gasteiger partial charge in [-0.15, -0.1) is 5.10 Å². The minimum atomic E-state index is -1.04. The summed E-state index contributed by atoms with van der Waals surface area (Å²) >= 11 is 0. The van der Waals surface area contributed by atoms with Crippen molar-refractivity contribution in [3.05, 3.63) is 47.6 Å². The van der Waals surface area contributed by atoms with Crippen molar-refractivity contribution >= 4 is 29.1 Å². The van der Waals surface area contributed by atoms with Crippen molar-refractivity contribution in [2.45, 2.75) is 19.9 Å². The Morgan fingerprint density at radius 3 is 2.78 bits per heavy atom. The highest BCUT2D eigenvalue weighted by atomic mass is 16.5. The van der Waals surface area contributed by atoms with E-state index in [4.69, 9.17) is 14.7 Å². The lowest BCUT2D eigenvalue weighted by Gasteiger charge is -2.16. The summed E-state index contributed by atoms with van der Waals surface area (Å²) in [7, 11) is 0. The molecule has 1 unspecified atom stereocenters. The summed E-state index contributed by atoms with van der Waals surface area (Å²) in [4.78, 5) is 26.6. The number of carbonyl (C=O) groups is 2. The number of carbonyl (C=O) groups excluding carboxylic acids is 1. The predicted molar refractivity (Wildman–Crippen MR) is 92.9 cm³/mol. The van der Waals surface area contributed by atoms with E-state index >= 15 is 0 Å². The average Bonchev–Trinajstić information content (AvgIpc) is 3.25. The fourth-order valence-electron chi connectivity index (χ4n) is 2.61. The molecule has 0 radical (unpaired) electrons. The normalized spacial score (nSPS) is 12.7. The molecule has 0 spiro atoms. The topological polar surface area (TPSA) is 143 Å². The van der Waals surface area contributed by atoms with Gasteiger partial charge in [0.1, 0.15) is 17.3 Å². The molecule has 10 heteroatoms. The molecule has 3 rings (SSSR count). The monoisotopic (exact) mass is 371 g/mol. The number of hydrogen-bond donors (Lipinski definition) is 3. The van der Waals surface area contributed by atoms with Crippen molar-refractivity contribution in [3.8, 4) is 0 Å². The first-order valence-electron chi connectivity index (χ1n) is 8.07. The maximum atomic E-state index is 11.1. The Labute approximate surface area is 153 Å². The first kappa shape index (κ1) is 18.3. The standard InChI is InChI=1S/C17H17N5O5/c1-9(2)15(22-8-11(19-21-22)4-6-14(23)20-26)16-18-12-7-10(17(24)25)3-5-13(12)27-16/h3-9,15,26H,1-2H3,(H,20,23)(H,24,25)/b6-4+. The van der Waals surface area contributed by atoms with E-state index in [0.29, 0.717) is 22.7 Å². The van der Waals surface area contributed by atoms with Crippen LogP contribution in [0.5, 0.6) is 0 Å². The predicted octanol–water partition coefficient (Wildman–Crippen LogP) is 1.88. The molecule has 1 amide bonds. The first-order valence-corrected chi connectivity index (χ1v) is 8.07. The molecule has 140 valence electrons. The number of rotatable bonds is 6. The minimum absolute atomic E-state index is 0.0382. The van der Waals surface area contributed by atoms with Gasteiger partial charge in [-0.2, -0.15) is 0 Å². The zero-order valence-corrected chi connectivity index (χ0v) is 14.5. The highest BCUT2D eigenvalue weighted by Gasteiger charge is 2.25. The Bertz CT molecular complexity index is 1020. The van der Waals surface area contributed by atoms with Gasteiger partial charge in [-0.05, 0) is 30.2 Å². The Kier molecular flexibility index (Phi) is 4.99. The Morgan fingerprint density at radius 2 is 2.11 bits per heavy atom. The molecule has 1 aromatic carbocycles. The van der Waals surface area contributed by atoms with Crippen molar-refractivity contribution < 1.29 is 24.3 Å². The lowest BCUT2D eigenvalue weighted by Crippen LogP contribution is -2.17. The highest BCUT2D eigenvalue weighted by molar-refractivity contribution is 5.92. The molecule has 0 fully saturated rings. The number of hydroxylamine groups is 1. The van der Waals surface area contributed by atoms with Gasteiger partial charge in [-0.3, -0.25) is 10.0 Å². The second kappa shape index (κ2) is 7.38. The third kappa shape index (κ3) is 3.85. The highest BCUT2D eigenvalue weighted by Crippen LogP contribution is 2.28. The molecule has 3 aromatic rings. The quantitative estimate of drug-likeness (QED) is 0.338. The zero-order valence-electron chi connectivity index (χ0n) is 14.5. The van der Waals surface area contributed by atoms with Gasteiger partial charge >= 0.3 is 5.97 Å². The number of amides is 1. The molecular formula is C17H17N5O5. The van der Waals surface area contributed by atoms with Crippen LogP contribution in [0.4, 0.5) is 0 Å². The molecule has 10 nitrogen and oxygen atoms in total. The average molecular weight is 371 g/mol. The van der Waals surface area contributed by atoms with Crippen LogP contribution in [0.2, 0.25) is 0 Å². The number of nitrogens with zero attached hydrogens (tertiary/aromatic N) is 4. The summed E-state index contributed by atoms with van der Waals surface area (Å²) in [5.74, 6) is -1.31. The van der Waals surface area contributed by atoms with Crippen LogP contribution < -0.4 is 5.48 Å². The molecule has 0 aliphatic heterocycles. The largest absolute Gasteiger partial charge is 0.478 e. The van der Waals surface area contributed by atoms with Gasteiger partial charge in [0, 0.05) is 6.08 Å². The van der Waals surface area contributed by atoms with Crippen LogP contribution in [-0.4, -0.2) is 42.2 Å². The Balaban J connectivity index is 1.95. The summed E-state index contributed by atoms with van der Waals surface area (Å²) in [6.45, 7) is 3.91. The molecule has 3 N–H and O–H groups in total. The minimum Gasteiger partial charge on any atom is -0.478 e. The second-order valence-electron chi connectivity index (χ2n) is 6.16. The third-order valence-corrected chi connectivity index (χ3v) is 3.86. The summed E-state index contributed by atoms with van der Waals surface area (Å²) in [5, 5.41) is 25.6. The van der Waals surface area contributed by atoms with Gasteiger partial charge in [0.05, 0.1) is 11.8 Å². The summed E-state index contributed by atoms with van der Waals surface area (Å²) < 4.78 is 7.36. The molecular weight excluding hydrogens is 354 g/mol. The number of carboxylic acid groups (broad SMARTS) is 1. The number of fused-ring (bicyclic) bond motifs is 1. The fraction of sp³-hybridized carbons (Fsp3) is 0.235. The maximum absolute atomic E-state index is 11.1. The van der Waals surface area contributed by atoms with E-state index in [0.717, 1.165) is 6.08 Å². The number of aromatic nitrogens is 4. The van der Waals surface area contributed by atoms with Crippen molar-refractivity contribution in [3.63, 3.8) is 0 Å². The number of oxazole rings is 1. The van der Waals surface area contributed by atoms with E-state index in [9.17, 15) is 9.59 Å². The van der Waals surface area contributed by atoms with E-state index in [2.05, 4.69) is 15.3 Å². The maximum Gasteiger partial charge on any atom is 0.335 e. The van der Waals surface area contributed by atoms with Crippen LogP contribution in [0.15, 0.2) is 34.9 Å². The molecule has 0 aliphatic rings. The number of aromatic carboxylic acids is 1. The van der Waals surface area contributed by atoms with Gasteiger partial charge in [0.2, 0.25) is 5.89 Å². The first-order chi connectivity index (χ1) is 12.9.